The number of hydrogen-bond acceptors (Lipinski definition) is 3. The van der Waals surface area contributed by atoms with E-state index in [1.54, 1.807) is 7.05 Å². The standard InChI is InChI=1S/C16H23N3OS.HI/c1-17-16(18-9-5-6-10-21-2)19-12-14-11-13-7-3-4-8-15(13)20-14;/h3-4,7-8,11H,5-6,9-10,12H2,1-2H3,(H2,17,18,19);1H. The third kappa shape index (κ3) is 6.08. The highest BCUT2D eigenvalue weighted by Gasteiger charge is 2.04. The van der Waals surface area contributed by atoms with E-state index in [1.807, 2.05) is 30.0 Å². The Morgan fingerprint density at radius 1 is 1.23 bits per heavy atom. The predicted molar refractivity (Wildman–Crippen MR) is 107 cm³/mol. The highest BCUT2D eigenvalue weighted by molar-refractivity contribution is 14.0. The van der Waals surface area contributed by atoms with Crippen LogP contribution in [-0.2, 0) is 6.54 Å². The summed E-state index contributed by atoms with van der Waals surface area (Å²) in [6, 6.07) is 10.1. The minimum absolute atomic E-state index is 0. The van der Waals surface area contributed by atoms with E-state index in [4.69, 9.17) is 4.42 Å². The van der Waals surface area contributed by atoms with Gasteiger partial charge in [-0.05, 0) is 37.0 Å². The van der Waals surface area contributed by atoms with Gasteiger partial charge in [0.05, 0.1) is 6.54 Å². The predicted octanol–water partition coefficient (Wildman–Crippen LogP) is 3.86. The fourth-order valence-corrected chi connectivity index (χ4v) is 2.59. The van der Waals surface area contributed by atoms with Crippen molar-refractivity contribution in [2.45, 2.75) is 19.4 Å². The lowest BCUT2D eigenvalue weighted by Crippen LogP contribution is -2.37. The van der Waals surface area contributed by atoms with Crippen LogP contribution < -0.4 is 10.6 Å². The van der Waals surface area contributed by atoms with Crippen molar-refractivity contribution in [3.8, 4) is 0 Å². The molecule has 4 nitrogen and oxygen atoms in total. The number of nitrogens with zero attached hydrogens (tertiary/aromatic N) is 1. The number of fused-ring (bicyclic) bond motifs is 1. The Bertz CT molecular complexity index is 553. The van der Waals surface area contributed by atoms with Gasteiger partial charge < -0.3 is 15.1 Å². The molecule has 0 aliphatic carbocycles. The Labute approximate surface area is 153 Å². The maximum atomic E-state index is 5.77. The molecule has 0 fully saturated rings. The number of nitrogens with one attached hydrogen (secondary N) is 2. The van der Waals surface area contributed by atoms with Crippen molar-refractivity contribution in [3.05, 3.63) is 36.1 Å². The second-order valence-corrected chi connectivity index (χ2v) is 5.79. The van der Waals surface area contributed by atoms with Gasteiger partial charge in [-0.1, -0.05) is 18.2 Å². The van der Waals surface area contributed by atoms with Crippen LogP contribution >= 0.6 is 35.7 Å². The van der Waals surface area contributed by atoms with Crippen molar-refractivity contribution < 1.29 is 4.42 Å². The van der Waals surface area contributed by atoms with E-state index in [2.05, 4.69) is 34.0 Å². The fraction of sp³-hybridized carbons (Fsp3) is 0.438. The first-order valence-corrected chi connectivity index (χ1v) is 8.64. The number of rotatable bonds is 7. The Balaban J connectivity index is 0.00000242. The first kappa shape index (κ1) is 19.2. The van der Waals surface area contributed by atoms with Gasteiger partial charge in [0.15, 0.2) is 5.96 Å². The summed E-state index contributed by atoms with van der Waals surface area (Å²) >= 11 is 1.89. The van der Waals surface area contributed by atoms with Crippen molar-refractivity contribution >= 4 is 52.7 Å². The molecule has 0 aliphatic heterocycles. The van der Waals surface area contributed by atoms with E-state index >= 15 is 0 Å². The van der Waals surface area contributed by atoms with E-state index in [0.29, 0.717) is 6.54 Å². The molecule has 0 saturated carbocycles. The van der Waals surface area contributed by atoms with Gasteiger partial charge in [0.25, 0.3) is 0 Å². The van der Waals surface area contributed by atoms with Crippen molar-refractivity contribution in [2.24, 2.45) is 4.99 Å². The molecule has 22 heavy (non-hydrogen) atoms. The van der Waals surface area contributed by atoms with Gasteiger partial charge in [-0.3, -0.25) is 4.99 Å². The van der Waals surface area contributed by atoms with Gasteiger partial charge in [0.1, 0.15) is 11.3 Å². The molecule has 0 aliphatic rings. The normalized spacial score (nSPS) is 11.3. The highest BCUT2D eigenvalue weighted by atomic mass is 127. The van der Waals surface area contributed by atoms with Crippen LogP contribution in [0, 0.1) is 0 Å². The van der Waals surface area contributed by atoms with Crippen molar-refractivity contribution in [2.75, 3.05) is 25.6 Å². The Hall–Kier alpha value is -0.890. The topological polar surface area (TPSA) is 49.6 Å². The molecule has 2 N–H and O–H groups in total. The van der Waals surface area contributed by atoms with Gasteiger partial charge in [-0.25, -0.2) is 0 Å². The number of benzene rings is 1. The second kappa shape index (κ2) is 10.8. The van der Waals surface area contributed by atoms with Gasteiger partial charge in [-0.2, -0.15) is 11.8 Å². The molecule has 2 aromatic rings. The van der Waals surface area contributed by atoms with E-state index in [-0.39, 0.29) is 24.0 Å². The van der Waals surface area contributed by atoms with Crippen LogP contribution in [0.5, 0.6) is 0 Å². The zero-order valence-electron chi connectivity index (χ0n) is 13.1. The fourth-order valence-electron chi connectivity index (χ4n) is 2.09. The maximum Gasteiger partial charge on any atom is 0.191 e. The molecule has 0 unspecified atom stereocenters. The Morgan fingerprint density at radius 3 is 2.77 bits per heavy atom. The Morgan fingerprint density at radius 2 is 2.05 bits per heavy atom. The first-order valence-electron chi connectivity index (χ1n) is 7.24. The molecule has 2 rings (SSSR count). The van der Waals surface area contributed by atoms with Crippen LogP contribution in [-0.4, -0.2) is 31.6 Å². The summed E-state index contributed by atoms with van der Waals surface area (Å²) in [6.07, 6.45) is 4.53. The third-order valence-corrected chi connectivity index (χ3v) is 3.89. The number of para-hydroxylation sites is 1. The summed E-state index contributed by atoms with van der Waals surface area (Å²) in [5, 5.41) is 7.73. The first-order chi connectivity index (χ1) is 10.3. The average molecular weight is 433 g/mol. The summed E-state index contributed by atoms with van der Waals surface area (Å²) in [4.78, 5) is 4.22. The highest BCUT2D eigenvalue weighted by Crippen LogP contribution is 2.18. The lowest BCUT2D eigenvalue weighted by atomic mass is 10.2. The minimum atomic E-state index is 0. The summed E-state index contributed by atoms with van der Waals surface area (Å²) in [6.45, 7) is 1.58. The summed E-state index contributed by atoms with van der Waals surface area (Å²) in [5.41, 5.74) is 0.925. The number of aliphatic imine (C=N–C) groups is 1. The molecule has 0 atom stereocenters. The number of furan rings is 1. The van der Waals surface area contributed by atoms with E-state index < -0.39 is 0 Å². The van der Waals surface area contributed by atoms with E-state index in [0.717, 1.165) is 35.7 Å². The lowest BCUT2D eigenvalue weighted by Gasteiger charge is -2.10. The molecule has 0 saturated heterocycles. The minimum Gasteiger partial charge on any atom is -0.459 e. The number of thioether (sulfide) groups is 1. The van der Waals surface area contributed by atoms with Gasteiger partial charge in [-0.15, -0.1) is 24.0 Å². The largest absolute Gasteiger partial charge is 0.459 e. The number of hydrogen-bond donors (Lipinski definition) is 2. The van der Waals surface area contributed by atoms with E-state index in [1.165, 1.54) is 12.2 Å². The average Bonchev–Trinajstić information content (AvgIpc) is 2.93. The monoisotopic (exact) mass is 433 g/mol. The third-order valence-electron chi connectivity index (χ3n) is 3.20. The summed E-state index contributed by atoms with van der Waals surface area (Å²) in [5.74, 6) is 2.95. The molecule has 122 valence electrons. The lowest BCUT2D eigenvalue weighted by molar-refractivity contribution is 0.538. The maximum absolute atomic E-state index is 5.77. The van der Waals surface area contributed by atoms with E-state index in [9.17, 15) is 0 Å². The van der Waals surface area contributed by atoms with Crippen LogP contribution in [0.3, 0.4) is 0 Å². The number of unbranched alkanes of at least 4 members (excludes halogenated alkanes) is 1. The molecule has 6 heteroatoms. The molecule has 1 aromatic carbocycles. The van der Waals surface area contributed by atoms with Crippen LogP contribution in [0.15, 0.2) is 39.7 Å². The van der Waals surface area contributed by atoms with Crippen LogP contribution in [0.25, 0.3) is 11.0 Å². The molecular weight excluding hydrogens is 409 g/mol. The van der Waals surface area contributed by atoms with Gasteiger partial charge >= 0.3 is 0 Å². The quantitative estimate of drug-likeness (QED) is 0.301. The molecular formula is C16H24IN3OS. The zero-order valence-corrected chi connectivity index (χ0v) is 16.2. The van der Waals surface area contributed by atoms with Crippen molar-refractivity contribution in [1.82, 2.24) is 10.6 Å². The summed E-state index contributed by atoms with van der Waals surface area (Å²) in [7, 11) is 1.79. The molecule has 0 spiro atoms. The second-order valence-electron chi connectivity index (χ2n) is 4.80. The van der Waals surface area contributed by atoms with Gasteiger partial charge in [0, 0.05) is 19.0 Å². The molecule has 1 heterocycles. The van der Waals surface area contributed by atoms with Crippen LogP contribution in [0.2, 0.25) is 0 Å². The van der Waals surface area contributed by atoms with Crippen LogP contribution in [0.4, 0.5) is 0 Å². The summed E-state index contributed by atoms with van der Waals surface area (Å²) < 4.78 is 5.77. The van der Waals surface area contributed by atoms with Gasteiger partial charge in [0.2, 0.25) is 0 Å². The van der Waals surface area contributed by atoms with Crippen molar-refractivity contribution in [1.29, 1.82) is 0 Å². The molecule has 0 bridgehead atoms. The van der Waals surface area contributed by atoms with Crippen LogP contribution in [0.1, 0.15) is 18.6 Å². The molecule has 1 aromatic heterocycles. The van der Waals surface area contributed by atoms with Crippen molar-refractivity contribution in [3.63, 3.8) is 0 Å². The number of halogens is 1. The SMILES string of the molecule is CN=C(NCCCCSC)NCc1cc2ccccc2o1.I. The smallest absolute Gasteiger partial charge is 0.191 e. The molecule has 0 amide bonds. The Kier molecular flexibility index (Phi) is 9.38. The molecule has 0 radical (unpaired) electrons. The zero-order chi connectivity index (χ0) is 14.9. The number of guanidine groups is 1.